The fraction of sp³-hybridized carbons (Fsp3) is 1.00. The van der Waals surface area contributed by atoms with Gasteiger partial charge in [-0.25, -0.2) is 0 Å². The van der Waals surface area contributed by atoms with Gasteiger partial charge in [0.1, 0.15) is 0 Å². The molecule has 0 aromatic carbocycles. The van der Waals surface area contributed by atoms with Crippen molar-refractivity contribution in [3.63, 3.8) is 0 Å². The standard InChI is InChI=1S/C7H13NO/c1-5(9)7-2-6(7)3-8-4-7/h5-6,8-9H,2-4H2,1H3. The van der Waals surface area contributed by atoms with E-state index in [9.17, 15) is 5.11 Å². The molecule has 2 aliphatic rings. The molecule has 52 valence electrons. The average molecular weight is 127 g/mol. The molecule has 0 spiro atoms. The number of fused-ring (bicyclic) bond motifs is 1. The number of aliphatic hydroxyl groups excluding tert-OH is 1. The van der Waals surface area contributed by atoms with Gasteiger partial charge >= 0.3 is 0 Å². The zero-order valence-corrected chi connectivity index (χ0v) is 5.72. The summed E-state index contributed by atoms with van der Waals surface area (Å²) >= 11 is 0. The third kappa shape index (κ3) is 0.578. The molecule has 2 N–H and O–H groups in total. The molecule has 1 heterocycles. The quantitative estimate of drug-likeness (QED) is 0.518. The molecule has 9 heavy (non-hydrogen) atoms. The number of hydrogen-bond donors (Lipinski definition) is 2. The highest BCUT2D eigenvalue weighted by Crippen LogP contribution is 2.57. The Morgan fingerprint density at radius 2 is 2.56 bits per heavy atom. The van der Waals surface area contributed by atoms with Crippen molar-refractivity contribution in [1.82, 2.24) is 5.32 Å². The van der Waals surface area contributed by atoms with Crippen LogP contribution in [0.4, 0.5) is 0 Å². The van der Waals surface area contributed by atoms with E-state index < -0.39 is 0 Å². The number of nitrogens with one attached hydrogen (secondary N) is 1. The predicted octanol–water partition coefficient (Wildman–Crippen LogP) is -0.0233. The van der Waals surface area contributed by atoms with Crippen molar-refractivity contribution in [3.8, 4) is 0 Å². The minimum atomic E-state index is -0.0995. The van der Waals surface area contributed by atoms with Crippen molar-refractivity contribution in [1.29, 1.82) is 0 Å². The Kier molecular flexibility index (Phi) is 0.945. The third-order valence-electron chi connectivity index (χ3n) is 2.96. The molecule has 1 saturated carbocycles. The van der Waals surface area contributed by atoms with Crippen LogP contribution < -0.4 is 5.32 Å². The molecule has 3 atom stereocenters. The Balaban J connectivity index is 2.10. The summed E-state index contributed by atoms with van der Waals surface area (Å²) in [4.78, 5) is 0. The minimum absolute atomic E-state index is 0.0995. The van der Waals surface area contributed by atoms with Crippen LogP contribution in [0.25, 0.3) is 0 Å². The minimum Gasteiger partial charge on any atom is -0.393 e. The fourth-order valence-electron chi connectivity index (χ4n) is 2.03. The van der Waals surface area contributed by atoms with Gasteiger partial charge in [-0.15, -0.1) is 0 Å². The molecule has 2 nitrogen and oxygen atoms in total. The average Bonchev–Trinajstić information content (AvgIpc) is 2.38. The van der Waals surface area contributed by atoms with E-state index in [0.29, 0.717) is 5.41 Å². The lowest BCUT2D eigenvalue weighted by Crippen LogP contribution is -2.25. The normalized spacial score (nSPS) is 50.7. The van der Waals surface area contributed by atoms with Crippen LogP contribution in [-0.2, 0) is 0 Å². The second-order valence-electron chi connectivity index (χ2n) is 3.44. The second-order valence-corrected chi connectivity index (χ2v) is 3.44. The van der Waals surface area contributed by atoms with Gasteiger partial charge < -0.3 is 10.4 Å². The number of aliphatic hydroxyl groups is 1. The Morgan fingerprint density at radius 1 is 1.78 bits per heavy atom. The van der Waals surface area contributed by atoms with E-state index in [4.69, 9.17) is 0 Å². The fourth-order valence-corrected chi connectivity index (χ4v) is 2.03. The highest BCUT2D eigenvalue weighted by molar-refractivity contribution is 5.11. The zero-order chi connectivity index (χ0) is 6.48. The molecule has 2 fully saturated rings. The van der Waals surface area contributed by atoms with Crippen LogP contribution in [0.1, 0.15) is 13.3 Å². The van der Waals surface area contributed by atoms with Gasteiger partial charge in [-0.1, -0.05) is 0 Å². The van der Waals surface area contributed by atoms with Crippen molar-refractivity contribution in [3.05, 3.63) is 0 Å². The van der Waals surface area contributed by atoms with Gasteiger partial charge in [-0.3, -0.25) is 0 Å². The molecular weight excluding hydrogens is 114 g/mol. The van der Waals surface area contributed by atoms with Crippen LogP contribution in [0.5, 0.6) is 0 Å². The van der Waals surface area contributed by atoms with Crippen LogP contribution in [0.3, 0.4) is 0 Å². The van der Waals surface area contributed by atoms with Gasteiger partial charge in [0.25, 0.3) is 0 Å². The number of hydrogen-bond acceptors (Lipinski definition) is 2. The van der Waals surface area contributed by atoms with Crippen molar-refractivity contribution in [2.24, 2.45) is 11.3 Å². The second kappa shape index (κ2) is 1.50. The molecular formula is C7H13NO. The first-order valence-electron chi connectivity index (χ1n) is 3.64. The molecule has 0 bridgehead atoms. The summed E-state index contributed by atoms with van der Waals surface area (Å²) in [5.41, 5.74) is 0.306. The highest BCUT2D eigenvalue weighted by Gasteiger charge is 2.59. The predicted molar refractivity (Wildman–Crippen MR) is 35.1 cm³/mol. The van der Waals surface area contributed by atoms with E-state index in [1.165, 1.54) is 6.42 Å². The van der Waals surface area contributed by atoms with Crippen LogP contribution >= 0.6 is 0 Å². The van der Waals surface area contributed by atoms with Gasteiger partial charge in [0, 0.05) is 12.0 Å². The molecule has 1 aliphatic carbocycles. The topological polar surface area (TPSA) is 32.3 Å². The molecule has 3 unspecified atom stereocenters. The molecule has 1 saturated heterocycles. The van der Waals surface area contributed by atoms with Crippen molar-refractivity contribution >= 4 is 0 Å². The summed E-state index contributed by atoms with van der Waals surface area (Å²) in [6.07, 6.45) is 1.15. The van der Waals surface area contributed by atoms with E-state index >= 15 is 0 Å². The van der Waals surface area contributed by atoms with Gasteiger partial charge in [-0.2, -0.15) is 0 Å². The van der Waals surface area contributed by atoms with E-state index in [2.05, 4.69) is 5.32 Å². The van der Waals surface area contributed by atoms with Crippen molar-refractivity contribution in [2.45, 2.75) is 19.4 Å². The summed E-state index contributed by atoms with van der Waals surface area (Å²) in [6, 6.07) is 0. The maximum atomic E-state index is 9.31. The molecule has 0 aromatic heterocycles. The third-order valence-corrected chi connectivity index (χ3v) is 2.96. The summed E-state index contributed by atoms with van der Waals surface area (Å²) in [6.45, 7) is 4.08. The van der Waals surface area contributed by atoms with Gasteiger partial charge in [0.05, 0.1) is 6.10 Å². The van der Waals surface area contributed by atoms with Crippen LogP contribution in [0.15, 0.2) is 0 Å². The highest BCUT2D eigenvalue weighted by atomic mass is 16.3. The van der Waals surface area contributed by atoms with E-state index in [1.807, 2.05) is 6.92 Å². The zero-order valence-electron chi connectivity index (χ0n) is 5.72. The van der Waals surface area contributed by atoms with Gasteiger partial charge in [-0.05, 0) is 25.8 Å². The lowest BCUT2D eigenvalue weighted by molar-refractivity contribution is 0.113. The Morgan fingerprint density at radius 3 is 2.78 bits per heavy atom. The number of rotatable bonds is 1. The maximum Gasteiger partial charge on any atom is 0.0583 e. The molecule has 0 amide bonds. The number of piperidine rings is 1. The first kappa shape index (κ1) is 5.69. The van der Waals surface area contributed by atoms with E-state index in [1.54, 1.807) is 0 Å². The first-order chi connectivity index (χ1) is 4.26. The molecule has 0 radical (unpaired) electrons. The van der Waals surface area contributed by atoms with Crippen molar-refractivity contribution in [2.75, 3.05) is 13.1 Å². The van der Waals surface area contributed by atoms with Gasteiger partial charge in [0.15, 0.2) is 0 Å². The summed E-state index contributed by atoms with van der Waals surface area (Å²) in [5, 5.41) is 12.6. The lowest BCUT2D eigenvalue weighted by atomic mass is 10.0. The van der Waals surface area contributed by atoms with Crippen LogP contribution in [-0.4, -0.2) is 24.3 Å². The lowest BCUT2D eigenvalue weighted by Gasteiger charge is -2.13. The van der Waals surface area contributed by atoms with E-state index in [0.717, 1.165) is 19.0 Å². The molecule has 2 rings (SSSR count). The molecule has 0 aromatic rings. The van der Waals surface area contributed by atoms with Crippen LogP contribution in [0.2, 0.25) is 0 Å². The Bertz CT molecular complexity index is 131. The van der Waals surface area contributed by atoms with Crippen molar-refractivity contribution < 1.29 is 5.11 Å². The van der Waals surface area contributed by atoms with E-state index in [-0.39, 0.29) is 6.10 Å². The Hall–Kier alpha value is -0.0800. The molecule has 2 heteroatoms. The van der Waals surface area contributed by atoms with Crippen LogP contribution in [0, 0.1) is 11.3 Å². The van der Waals surface area contributed by atoms with Gasteiger partial charge in [0.2, 0.25) is 0 Å². The first-order valence-corrected chi connectivity index (χ1v) is 3.64. The largest absolute Gasteiger partial charge is 0.393 e. The Labute approximate surface area is 55.3 Å². The maximum absolute atomic E-state index is 9.31. The monoisotopic (exact) mass is 127 g/mol. The smallest absolute Gasteiger partial charge is 0.0583 e. The summed E-state index contributed by atoms with van der Waals surface area (Å²) in [5.74, 6) is 0.789. The SMILES string of the molecule is CC(O)C12CNCC1C2. The summed E-state index contributed by atoms with van der Waals surface area (Å²) < 4.78 is 0. The molecule has 1 aliphatic heterocycles. The summed E-state index contributed by atoms with van der Waals surface area (Å²) in [7, 11) is 0.